The highest BCUT2D eigenvalue weighted by molar-refractivity contribution is 7.45. The van der Waals surface area contributed by atoms with Crippen molar-refractivity contribution in [1.29, 1.82) is 0 Å². The summed E-state index contributed by atoms with van der Waals surface area (Å²) in [5.74, 6) is -0.213. The molecular formula is C48H91N2O6P. The van der Waals surface area contributed by atoms with Gasteiger partial charge in [-0.15, -0.1) is 0 Å². The van der Waals surface area contributed by atoms with E-state index in [0.717, 1.165) is 44.9 Å². The Morgan fingerprint density at radius 1 is 0.614 bits per heavy atom. The second kappa shape index (κ2) is 39.9. The quantitative estimate of drug-likeness (QED) is 0.0275. The van der Waals surface area contributed by atoms with Crippen molar-refractivity contribution in [3.63, 3.8) is 0 Å². The Bertz CT molecular complexity index is 1070. The van der Waals surface area contributed by atoms with Gasteiger partial charge in [-0.3, -0.25) is 9.36 Å². The van der Waals surface area contributed by atoms with Gasteiger partial charge in [0.25, 0.3) is 7.82 Å². The molecule has 8 nitrogen and oxygen atoms in total. The van der Waals surface area contributed by atoms with Crippen LogP contribution in [0, 0.1) is 0 Å². The molecule has 57 heavy (non-hydrogen) atoms. The predicted octanol–water partition coefficient (Wildman–Crippen LogP) is 12.6. The Labute approximate surface area is 352 Å². The maximum absolute atomic E-state index is 12.9. The lowest BCUT2D eigenvalue weighted by Gasteiger charge is -2.29. The van der Waals surface area contributed by atoms with E-state index in [1.807, 2.05) is 27.2 Å². The Hall–Kier alpha value is -1.54. The first-order valence-corrected chi connectivity index (χ1v) is 25.0. The van der Waals surface area contributed by atoms with Crippen LogP contribution < -0.4 is 10.2 Å². The van der Waals surface area contributed by atoms with Gasteiger partial charge in [-0.1, -0.05) is 178 Å². The van der Waals surface area contributed by atoms with E-state index in [-0.39, 0.29) is 12.5 Å². The number of phosphoric acid groups is 1. The van der Waals surface area contributed by atoms with Crippen molar-refractivity contribution < 1.29 is 32.9 Å². The average Bonchev–Trinajstić information content (AvgIpc) is 3.16. The third-order valence-corrected chi connectivity index (χ3v) is 11.2. The van der Waals surface area contributed by atoms with Crippen molar-refractivity contribution >= 4 is 13.7 Å². The lowest BCUT2D eigenvalue weighted by molar-refractivity contribution is -0.870. The number of aliphatic hydroxyl groups is 1. The highest BCUT2D eigenvalue weighted by Crippen LogP contribution is 2.38. The monoisotopic (exact) mass is 823 g/mol. The fraction of sp³-hybridized carbons (Fsp3) is 0.812. The van der Waals surface area contributed by atoms with E-state index in [1.165, 1.54) is 135 Å². The number of rotatable bonds is 42. The number of hydrogen-bond donors (Lipinski definition) is 2. The number of likely N-dealkylation sites (N-methyl/N-ethyl adjacent to an activating group) is 1. The van der Waals surface area contributed by atoms with Crippen LogP contribution in [0.3, 0.4) is 0 Å². The zero-order valence-corrected chi connectivity index (χ0v) is 38.7. The minimum absolute atomic E-state index is 0.00836. The molecule has 0 aromatic rings. The van der Waals surface area contributed by atoms with E-state index in [0.29, 0.717) is 17.4 Å². The number of carbonyl (C=O) groups is 1. The first-order valence-electron chi connectivity index (χ1n) is 23.5. The lowest BCUT2D eigenvalue weighted by atomic mass is 10.1. The Kier molecular flexibility index (Phi) is 38.8. The summed E-state index contributed by atoms with van der Waals surface area (Å²) in [6.07, 6.45) is 50.2. The van der Waals surface area contributed by atoms with Crippen LogP contribution in [-0.2, 0) is 18.4 Å². The number of phosphoric ester groups is 1. The average molecular weight is 823 g/mol. The van der Waals surface area contributed by atoms with Crippen molar-refractivity contribution in [1.82, 2.24) is 5.32 Å². The van der Waals surface area contributed by atoms with E-state index in [2.05, 4.69) is 55.6 Å². The number of nitrogens with one attached hydrogen (secondary N) is 1. The molecule has 3 unspecified atom stereocenters. The van der Waals surface area contributed by atoms with Gasteiger partial charge in [0, 0.05) is 6.42 Å². The second-order valence-corrected chi connectivity index (χ2v) is 18.5. The Balaban J connectivity index is 4.39. The molecule has 9 heteroatoms. The molecule has 0 spiro atoms. The van der Waals surface area contributed by atoms with Gasteiger partial charge in [0.2, 0.25) is 5.91 Å². The van der Waals surface area contributed by atoms with Gasteiger partial charge in [0.15, 0.2) is 0 Å². The maximum Gasteiger partial charge on any atom is 0.268 e. The summed E-state index contributed by atoms with van der Waals surface area (Å²) in [5.41, 5.74) is 0. The molecule has 0 heterocycles. The van der Waals surface area contributed by atoms with Crippen LogP contribution in [0.4, 0.5) is 0 Å². The van der Waals surface area contributed by atoms with Crippen LogP contribution in [-0.4, -0.2) is 68.5 Å². The van der Waals surface area contributed by atoms with Gasteiger partial charge >= 0.3 is 0 Å². The van der Waals surface area contributed by atoms with Gasteiger partial charge in [-0.2, -0.15) is 0 Å². The van der Waals surface area contributed by atoms with Gasteiger partial charge in [0.05, 0.1) is 39.9 Å². The smallest absolute Gasteiger partial charge is 0.268 e. The van der Waals surface area contributed by atoms with Crippen molar-refractivity contribution in [2.45, 2.75) is 212 Å². The SMILES string of the molecule is CCCCCCC/C=C\C/C=C\CCCCCCCCCCCC(=O)NC(COP(=O)([O-])OCC[N+](C)(C)C)C(O)/C=C/CC/C=C/CCCCCCCCCC. The van der Waals surface area contributed by atoms with Crippen LogP contribution in [0.5, 0.6) is 0 Å². The Morgan fingerprint density at radius 2 is 1.04 bits per heavy atom. The van der Waals surface area contributed by atoms with E-state index >= 15 is 0 Å². The molecule has 0 radical (unpaired) electrons. The van der Waals surface area contributed by atoms with Crippen molar-refractivity contribution in [2.75, 3.05) is 40.9 Å². The number of unbranched alkanes of at least 4 members (excludes halogenated alkanes) is 23. The molecule has 0 rings (SSSR count). The molecule has 0 saturated heterocycles. The number of aliphatic hydroxyl groups excluding tert-OH is 1. The van der Waals surface area contributed by atoms with Crippen LogP contribution in [0.25, 0.3) is 0 Å². The van der Waals surface area contributed by atoms with E-state index in [1.54, 1.807) is 6.08 Å². The fourth-order valence-electron chi connectivity index (χ4n) is 6.49. The van der Waals surface area contributed by atoms with Gasteiger partial charge < -0.3 is 28.8 Å². The molecule has 0 fully saturated rings. The zero-order valence-electron chi connectivity index (χ0n) is 37.8. The molecule has 0 aliphatic heterocycles. The number of allylic oxidation sites excluding steroid dienone is 7. The third kappa shape index (κ3) is 42.4. The second-order valence-electron chi connectivity index (χ2n) is 17.1. The summed E-state index contributed by atoms with van der Waals surface area (Å²) in [5, 5.41) is 13.8. The minimum atomic E-state index is -4.60. The number of carbonyl (C=O) groups excluding carboxylic acids is 1. The van der Waals surface area contributed by atoms with Crippen LogP contribution in [0.2, 0.25) is 0 Å². The standard InChI is InChI=1S/C48H91N2O6P/c1-6-8-10-12-14-16-18-20-22-23-24-25-26-27-28-30-32-34-36-38-40-42-48(52)49-46(45-56-57(53,54)55-44-43-50(3,4)5)47(51)41-39-37-35-33-31-29-21-19-17-15-13-11-9-7-2/h18,20,23-24,31,33,39,41,46-47,51H,6-17,19,21-22,25-30,32,34-38,40,42-45H2,1-5H3,(H-,49,52,53,54)/b20-18-,24-23-,33-31+,41-39+. The van der Waals surface area contributed by atoms with Crippen LogP contribution in [0.15, 0.2) is 48.6 Å². The zero-order chi connectivity index (χ0) is 42.1. The first-order chi connectivity index (χ1) is 27.5. The molecule has 0 aromatic heterocycles. The fourth-order valence-corrected chi connectivity index (χ4v) is 7.21. The minimum Gasteiger partial charge on any atom is -0.756 e. The summed E-state index contributed by atoms with van der Waals surface area (Å²) in [4.78, 5) is 25.3. The topological polar surface area (TPSA) is 108 Å². The van der Waals surface area contributed by atoms with E-state index in [9.17, 15) is 19.4 Å². The highest BCUT2D eigenvalue weighted by atomic mass is 31.2. The van der Waals surface area contributed by atoms with Crippen molar-refractivity contribution in [3.05, 3.63) is 48.6 Å². The molecule has 0 aromatic carbocycles. The normalized spacial score (nSPS) is 14.7. The maximum atomic E-state index is 12.9. The lowest BCUT2D eigenvalue weighted by Crippen LogP contribution is -2.45. The summed E-state index contributed by atoms with van der Waals surface area (Å²) in [6.45, 7) is 4.60. The summed E-state index contributed by atoms with van der Waals surface area (Å²) in [6, 6.07) is -0.905. The molecule has 1 amide bonds. The van der Waals surface area contributed by atoms with Crippen LogP contribution >= 0.6 is 7.82 Å². The van der Waals surface area contributed by atoms with Gasteiger partial charge in [-0.05, 0) is 64.2 Å². The molecule has 0 saturated carbocycles. The van der Waals surface area contributed by atoms with E-state index < -0.39 is 26.6 Å². The molecule has 334 valence electrons. The third-order valence-electron chi connectivity index (χ3n) is 10.3. The van der Waals surface area contributed by atoms with Gasteiger partial charge in [-0.25, -0.2) is 0 Å². The molecule has 0 aliphatic rings. The number of nitrogens with zero attached hydrogens (tertiary/aromatic N) is 1. The van der Waals surface area contributed by atoms with Crippen molar-refractivity contribution in [3.8, 4) is 0 Å². The molecule has 0 bridgehead atoms. The van der Waals surface area contributed by atoms with Gasteiger partial charge in [0.1, 0.15) is 13.2 Å². The highest BCUT2D eigenvalue weighted by Gasteiger charge is 2.23. The number of amides is 1. The molecular weight excluding hydrogens is 732 g/mol. The predicted molar refractivity (Wildman–Crippen MR) is 242 cm³/mol. The number of quaternary nitrogens is 1. The summed E-state index contributed by atoms with van der Waals surface area (Å²) >= 11 is 0. The first kappa shape index (κ1) is 55.5. The van der Waals surface area contributed by atoms with E-state index in [4.69, 9.17) is 9.05 Å². The molecule has 0 aliphatic carbocycles. The summed E-state index contributed by atoms with van der Waals surface area (Å²) < 4.78 is 23.2. The largest absolute Gasteiger partial charge is 0.756 e. The van der Waals surface area contributed by atoms with Crippen molar-refractivity contribution in [2.24, 2.45) is 0 Å². The molecule has 3 atom stereocenters. The van der Waals surface area contributed by atoms with Crippen LogP contribution in [0.1, 0.15) is 200 Å². The Morgan fingerprint density at radius 3 is 1.53 bits per heavy atom. The number of hydrogen-bond acceptors (Lipinski definition) is 6. The molecule has 2 N–H and O–H groups in total. The summed E-state index contributed by atoms with van der Waals surface area (Å²) in [7, 11) is 1.24.